The summed E-state index contributed by atoms with van der Waals surface area (Å²) in [5, 5.41) is 6.63. The van der Waals surface area contributed by atoms with Gasteiger partial charge in [0.25, 0.3) is 0 Å². The normalized spacial score (nSPS) is 38.0. The molecule has 1 aliphatic heterocycles. The van der Waals surface area contributed by atoms with Crippen molar-refractivity contribution in [2.75, 3.05) is 13.1 Å². The van der Waals surface area contributed by atoms with E-state index in [-0.39, 0.29) is 11.8 Å². The molecular weight excluding hydrogens is 214 g/mol. The van der Waals surface area contributed by atoms with Gasteiger partial charge in [-0.1, -0.05) is 6.42 Å². The average molecular weight is 239 g/mol. The molecule has 0 radical (unpaired) electrons. The van der Waals surface area contributed by atoms with Crippen LogP contribution in [0, 0.1) is 11.8 Å². The summed E-state index contributed by atoms with van der Waals surface area (Å²) in [4.78, 5) is 12.2. The summed E-state index contributed by atoms with van der Waals surface area (Å²) in [5.41, 5.74) is 5.73. The molecule has 1 aliphatic carbocycles. The molecule has 1 heterocycles. The number of hydrogen-bond acceptors (Lipinski definition) is 3. The summed E-state index contributed by atoms with van der Waals surface area (Å²) < 4.78 is 0. The molecule has 4 N–H and O–H groups in total. The third kappa shape index (κ3) is 2.99. The Kier molecular flexibility index (Phi) is 4.40. The fourth-order valence-electron chi connectivity index (χ4n) is 3.20. The number of amides is 1. The van der Waals surface area contributed by atoms with Crippen molar-refractivity contribution in [1.82, 2.24) is 10.6 Å². The minimum atomic E-state index is 0.161. The maximum absolute atomic E-state index is 12.2. The zero-order chi connectivity index (χ0) is 12.3. The van der Waals surface area contributed by atoms with E-state index in [4.69, 9.17) is 5.73 Å². The van der Waals surface area contributed by atoms with E-state index in [2.05, 4.69) is 17.6 Å². The van der Waals surface area contributed by atoms with Crippen molar-refractivity contribution in [2.24, 2.45) is 17.6 Å². The third-order valence-electron chi connectivity index (χ3n) is 4.39. The molecule has 2 rings (SSSR count). The molecule has 0 aromatic heterocycles. The van der Waals surface area contributed by atoms with Gasteiger partial charge in [-0.3, -0.25) is 4.79 Å². The zero-order valence-corrected chi connectivity index (χ0v) is 10.7. The summed E-state index contributed by atoms with van der Waals surface area (Å²) in [7, 11) is 0. The van der Waals surface area contributed by atoms with Crippen LogP contribution in [-0.2, 0) is 4.79 Å². The molecular formula is C13H25N3O. The van der Waals surface area contributed by atoms with Gasteiger partial charge >= 0.3 is 0 Å². The molecule has 1 saturated heterocycles. The van der Waals surface area contributed by atoms with Crippen LogP contribution >= 0.6 is 0 Å². The molecule has 0 aromatic carbocycles. The minimum absolute atomic E-state index is 0.161. The second-order valence-corrected chi connectivity index (χ2v) is 5.53. The number of hydrogen-bond donors (Lipinski definition) is 3. The summed E-state index contributed by atoms with van der Waals surface area (Å²) in [6.07, 6.45) is 5.54. The fraction of sp³-hybridized carbons (Fsp3) is 0.923. The van der Waals surface area contributed by atoms with E-state index >= 15 is 0 Å². The summed E-state index contributed by atoms with van der Waals surface area (Å²) >= 11 is 0. The van der Waals surface area contributed by atoms with E-state index in [9.17, 15) is 4.79 Å². The smallest absolute Gasteiger partial charge is 0.223 e. The average Bonchev–Trinajstić information content (AvgIpc) is 2.80. The van der Waals surface area contributed by atoms with Crippen LogP contribution in [-0.4, -0.2) is 31.1 Å². The standard InChI is InChI=1S/C13H25N3O/c1-9-12(6-3-7-15-9)16-13(17)11-5-2-4-10(11)8-14/h9-12,15H,2-8,14H2,1H3,(H,16,17)/t9?,10-,11-,12?/m1/s1. The van der Waals surface area contributed by atoms with E-state index in [1.165, 1.54) is 0 Å². The lowest BCUT2D eigenvalue weighted by Gasteiger charge is -2.32. The lowest BCUT2D eigenvalue weighted by Crippen LogP contribution is -2.53. The Balaban J connectivity index is 1.87. The van der Waals surface area contributed by atoms with Crippen LogP contribution in [0.25, 0.3) is 0 Å². The number of rotatable bonds is 3. The van der Waals surface area contributed by atoms with E-state index < -0.39 is 0 Å². The lowest BCUT2D eigenvalue weighted by molar-refractivity contribution is -0.127. The van der Waals surface area contributed by atoms with E-state index in [1.54, 1.807) is 0 Å². The molecule has 2 unspecified atom stereocenters. The zero-order valence-electron chi connectivity index (χ0n) is 10.7. The van der Waals surface area contributed by atoms with E-state index in [1.807, 2.05) is 0 Å². The topological polar surface area (TPSA) is 67.1 Å². The van der Waals surface area contributed by atoms with Gasteiger partial charge in [-0.2, -0.15) is 0 Å². The van der Waals surface area contributed by atoms with Gasteiger partial charge in [-0.05, 0) is 51.6 Å². The van der Waals surface area contributed by atoms with Crippen LogP contribution in [0.3, 0.4) is 0 Å². The Hall–Kier alpha value is -0.610. The van der Waals surface area contributed by atoms with Crippen molar-refractivity contribution < 1.29 is 4.79 Å². The molecule has 0 spiro atoms. The fourth-order valence-corrected chi connectivity index (χ4v) is 3.20. The van der Waals surface area contributed by atoms with Crippen molar-refractivity contribution >= 4 is 5.91 Å². The second-order valence-electron chi connectivity index (χ2n) is 5.53. The molecule has 17 heavy (non-hydrogen) atoms. The van der Waals surface area contributed by atoms with Gasteiger partial charge in [-0.25, -0.2) is 0 Å². The highest BCUT2D eigenvalue weighted by atomic mass is 16.2. The maximum atomic E-state index is 12.2. The van der Waals surface area contributed by atoms with Gasteiger partial charge in [0.05, 0.1) is 0 Å². The summed E-state index contributed by atoms with van der Waals surface area (Å²) in [5.74, 6) is 0.800. The van der Waals surface area contributed by atoms with Gasteiger partial charge in [0.1, 0.15) is 0 Å². The monoisotopic (exact) mass is 239 g/mol. The molecule has 0 bridgehead atoms. The van der Waals surface area contributed by atoms with Crippen molar-refractivity contribution in [1.29, 1.82) is 0 Å². The molecule has 4 heteroatoms. The molecule has 4 atom stereocenters. The lowest BCUT2D eigenvalue weighted by atomic mass is 9.93. The Morgan fingerprint density at radius 1 is 1.35 bits per heavy atom. The van der Waals surface area contributed by atoms with Crippen molar-refractivity contribution in [2.45, 2.75) is 51.1 Å². The number of nitrogens with two attached hydrogens (primary N) is 1. The van der Waals surface area contributed by atoms with Gasteiger partial charge in [0, 0.05) is 18.0 Å². The summed E-state index contributed by atoms with van der Waals surface area (Å²) in [6.45, 7) is 3.87. The molecule has 1 amide bonds. The van der Waals surface area contributed by atoms with Crippen LogP contribution in [0.4, 0.5) is 0 Å². The Morgan fingerprint density at radius 2 is 2.18 bits per heavy atom. The predicted octanol–water partition coefficient (Wildman–Crippen LogP) is 0.618. The largest absolute Gasteiger partial charge is 0.352 e. The van der Waals surface area contributed by atoms with Crippen molar-refractivity contribution in [3.05, 3.63) is 0 Å². The number of carbonyl (C=O) groups excluding carboxylic acids is 1. The number of nitrogens with one attached hydrogen (secondary N) is 2. The van der Waals surface area contributed by atoms with Crippen LogP contribution in [0.5, 0.6) is 0 Å². The Morgan fingerprint density at radius 3 is 2.88 bits per heavy atom. The van der Waals surface area contributed by atoms with Crippen LogP contribution < -0.4 is 16.4 Å². The Bertz CT molecular complexity index is 269. The molecule has 98 valence electrons. The molecule has 0 aromatic rings. The van der Waals surface area contributed by atoms with E-state index in [0.29, 0.717) is 24.5 Å². The Labute approximate surface area is 104 Å². The number of carbonyl (C=O) groups is 1. The minimum Gasteiger partial charge on any atom is -0.352 e. The second kappa shape index (κ2) is 5.83. The van der Waals surface area contributed by atoms with Crippen LogP contribution in [0.2, 0.25) is 0 Å². The molecule has 4 nitrogen and oxygen atoms in total. The highest BCUT2D eigenvalue weighted by Crippen LogP contribution is 2.31. The van der Waals surface area contributed by atoms with Crippen LogP contribution in [0.15, 0.2) is 0 Å². The van der Waals surface area contributed by atoms with Gasteiger partial charge in [0.2, 0.25) is 5.91 Å². The first-order chi connectivity index (χ1) is 8.22. The van der Waals surface area contributed by atoms with Crippen molar-refractivity contribution in [3.63, 3.8) is 0 Å². The molecule has 2 aliphatic rings. The SMILES string of the molecule is CC1NCCCC1NC(=O)[C@@H]1CCC[C@@H]1CN. The maximum Gasteiger partial charge on any atom is 0.223 e. The van der Waals surface area contributed by atoms with Gasteiger partial charge in [-0.15, -0.1) is 0 Å². The van der Waals surface area contributed by atoms with E-state index in [0.717, 1.165) is 38.6 Å². The first-order valence-electron chi connectivity index (χ1n) is 6.96. The quantitative estimate of drug-likeness (QED) is 0.676. The predicted molar refractivity (Wildman–Crippen MR) is 68.5 cm³/mol. The highest BCUT2D eigenvalue weighted by molar-refractivity contribution is 5.79. The molecule has 1 saturated carbocycles. The van der Waals surface area contributed by atoms with Crippen LogP contribution in [0.1, 0.15) is 39.0 Å². The first-order valence-corrected chi connectivity index (χ1v) is 6.96. The highest BCUT2D eigenvalue weighted by Gasteiger charge is 2.33. The van der Waals surface area contributed by atoms with Gasteiger partial charge < -0.3 is 16.4 Å². The number of piperidine rings is 1. The first kappa shape index (κ1) is 12.8. The molecule has 2 fully saturated rings. The summed E-state index contributed by atoms with van der Waals surface area (Å²) in [6, 6.07) is 0.695. The third-order valence-corrected chi connectivity index (χ3v) is 4.39. The van der Waals surface area contributed by atoms with Crippen molar-refractivity contribution in [3.8, 4) is 0 Å². The van der Waals surface area contributed by atoms with Gasteiger partial charge in [0.15, 0.2) is 0 Å².